The first kappa shape index (κ1) is 16.4. The van der Waals surface area contributed by atoms with Crippen LogP contribution in [0.5, 0.6) is 0 Å². The van der Waals surface area contributed by atoms with Crippen molar-refractivity contribution in [3.8, 4) is 0 Å². The molecule has 0 radical (unpaired) electrons. The third-order valence-electron chi connectivity index (χ3n) is 2.37. The van der Waals surface area contributed by atoms with E-state index in [1.165, 1.54) is 0 Å². The van der Waals surface area contributed by atoms with Crippen LogP contribution in [0.4, 0.5) is 5.82 Å². The molecular formula is C10H15Cl2N3OS. The second kappa shape index (κ2) is 7.63. The van der Waals surface area contributed by atoms with Gasteiger partial charge in [-0.2, -0.15) is 11.8 Å². The van der Waals surface area contributed by atoms with Crippen molar-refractivity contribution in [1.82, 2.24) is 4.98 Å². The number of rotatable bonds is 2. The SMILES string of the molecule is Cl.Cl.NC(=O)c1ccc(N2CCSCC2)nc1. The summed E-state index contributed by atoms with van der Waals surface area (Å²) in [5.74, 6) is 2.78. The van der Waals surface area contributed by atoms with Crippen LogP contribution >= 0.6 is 36.6 Å². The minimum atomic E-state index is -0.428. The molecule has 1 saturated heterocycles. The number of nitrogens with two attached hydrogens (primary N) is 1. The predicted octanol–water partition coefficient (Wildman–Crippen LogP) is 1.58. The fraction of sp³-hybridized carbons (Fsp3) is 0.400. The summed E-state index contributed by atoms with van der Waals surface area (Å²) in [4.78, 5) is 17.3. The van der Waals surface area contributed by atoms with Crippen molar-refractivity contribution in [1.29, 1.82) is 0 Å². The van der Waals surface area contributed by atoms with Gasteiger partial charge in [-0.25, -0.2) is 4.98 Å². The maximum atomic E-state index is 10.9. The molecule has 1 amide bonds. The van der Waals surface area contributed by atoms with E-state index in [0.717, 1.165) is 30.4 Å². The van der Waals surface area contributed by atoms with E-state index in [2.05, 4.69) is 9.88 Å². The zero-order valence-electron chi connectivity index (χ0n) is 9.17. The zero-order valence-corrected chi connectivity index (χ0v) is 11.6. The molecule has 1 aliphatic rings. The molecule has 0 spiro atoms. The fourth-order valence-electron chi connectivity index (χ4n) is 1.51. The molecule has 4 nitrogen and oxygen atoms in total. The van der Waals surface area contributed by atoms with E-state index in [1.54, 1.807) is 12.3 Å². The molecule has 0 atom stereocenters. The molecule has 1 aliphatic heterocycles. The van der Waals surface area contributed by atoms with Crippen molar-refractivity contribution in [2.75, 3.05) is 29.5 Å². The first-order valence-electron chi connectivity index (χ1n) is 4.86. The Morgan fingerprint density at radius 1 is 1.29 bits per heavy atom. The summed E-state index contributed by atoms with van der Waals surface area (Å²) >= 11 is 1.96. The number of hydrogen-bond acceptors (Lipinski definition) is 4. The quantitative estimate of drug-likeness (QED) is 0.900. The van der Waals surface area contributed by atoms with E-state index in [0.29, 0.717) is 5.56 Å². The Morgan fingerprint density at radius 2 is 1.94 bits per heavy atom. The minimum absolute atomic E-state index is 0. The van der Waals surface area contributed by atoms with Crippen LogP contribution in [0, 0.1) is 0 Å². The van der Waals surface area contributed by atoms with Gasteiger partial charge in [-0.3, -0.25) is 4.79 Å². The Labute approximate surface area is 117 Å². The first-order valence-corrected chi connectivity index (χ1v) is 6.01. The molecule has 0 unspecified atom stereocenters. The molecule has 2 heterocycles. The van der Waals surface area contributed by atoms with Gasteiger partial charge in [-0.05, 0) is 12.1 Å². The number of nitrogens with zero attached hydrogens (tertiary/aromatic N) is 2. The van der Waals surface area contributed by atoms with Gasteiger partial charge in [0.1, 0.15) is 5.82 Å². The molecule has 1 aromatic rings. The summed E-state index contributed by atoms with van der Waals surface area (Å²) in [5.41, 5.74) is 5.61. The average Bonchev–Trinajstić information content (AvgIpc) is 2.30. The first-order chi connectivity index (χ1) is 7.27. The Morgan fingerprint density at radius 3 is 2.41 bits per heavy atom. The van der Waals surface area contributed by atoms with Gasteiger partial charge < -0.3 is 10.6 Å². The van der Waals surface area contributed by atoms with Crippen molar-refractivity contribution in [2.24, 2.45) is 5.73 Å². The van der Waals surface area contributed by atoms with E-state index in [9.17, 15) is 4.79 Å². The van der Waals surface area contributed by atoms with E-state index in [1.807, 2.05) is 17.8 Å². The molecule has 96 valence electrons. The third kappa shape index (κ3) is 4.26. The van der Waals surface area contributed by atoms with Crippen LogP contribution < -0.4 is 10.6 Å². The lowest BCUT2D eigenvalue weighted by molar-refractivity contribution is 0.1000. The number of hydrogen-bond donors (Lipinski definition) is 1. The molecule has 7 heteroatoms. The van der Waals surface area contributed by atoms with E-state index in [4.69, 9.17) is 5.73 Å². The average molecular weight is 296 g/mol. The van der Waals surface area contributed by atoms with Gasteiger partial charge in [-0.15, -0.1) is 24.8 Å². The molecule has 0 aliphatic carbocycles. The number of thioether (sulfide) groups is 1. The molecular weight excluding hydrogens is 281 g/mol. The second-order valence-corrected chi connectivity index (χ2v) is 4.59. The molecule has 0 aromatic carbocycles. The number of carbonyl (C=O) groups is 1. The summed E-state index contributed by atoms with van der Waals surface area (Å²) in [6, 6.07) is 3.59. The highest BCUT2D eigenvalue weighted by molar-refractivity contribution is 7.99. The largest absolute Gasteiger partial charge is 0.366 e. The van der Waals surface area contributed by atoms with E-state index < -0.39 is 5.91 Å². The normalized spacial score (nSPS) is 14.5. The number of pyridine rings is 1. The Kier molecular flexibility index (Phi) is 7.34. The zero-order chi connectivity index (χ0) is 10.7. The molecule has 0 saturated carbocycles. The lowest BCUT2D eigenvalue weighted by Crippen LogP contribution is -2.33. The number of aromatic nitrogens is 1. The maximum Gasteiger partial charge on any atom is 0.250 e. The monoisotopic (exact) mass is 295 g/mol. The van der Waals surface area contributed by atoms with E-state index >= 15 is 0 Å². The maximum absolute atomic E-state index is 10.9. The summed E-state index contributed by atoms with van der Waals surface area (Å²) in [6.07, 6.45) is 1.54. The van der Waals surface area contributed by atoms with Crippen LogP contribution in [-0.4, -0.2) is 35.5 Å². The van der Waals surface area contributed by atoms with Gasteiger partial charge in [-0.1, -0.05) is 0 Å². The minimum Gasteiger partial charge on any atom is -0.366 e. The second-order valence-electron chi connectivity index (χ2n) is 3.37. The van der Waals surface area contributed by atoms with Gasteiger partial charge in [0.25, 0.3) is 0 Å². The molecule has 2 N–H and O–H groups in total. The molecule has 1 fully saturated rings. The van der Waals surface area contributed by atoms with Gasteiger partial charge in [0, 0.05) is 30.8 Å². The summed E-state index contributed by atoms with van der Waals surface area (Å²) in [5, 5.41) is 0. The molecule has 1 aromatic heterocycles. The van der Waals surface area contributed by atoms with Crippen LogP contribution in [0.1, 0.15) is 10.4 Å². The number of anilines is 1. The van der Waals surface area contributed by atoms with Crippen molar-refractivity contribution in [3.63, 3.8) is 0 Å². The highest BCUT2D eigenvalue weighted by atomic mass is 35.5. The Hall–Kier alpha value is -0.650. The number of amides is 1. The number of halogens is 2. The summed E-state index contributed by atoms with van der Waals surface area (Å²) in [6.45, 7) is 2.04. The van der Waals surface area contributed by atoms with Gasteiger partial charge in [0.2, 0.25) is 5.91 Å². The smallest absolute Gasteiger partial charge is 0.250 e. The number of primary amides is 1. The summed E-state index contributed by atoms with van der Waals surface area (Å²) < 4.78 is 0. The fourth-order valence-corrected chi connectivity index (χ4v) is 2.41. The Bertz CT molecular complexity index is 355. The lowest BCUT2D eigenvalue weighted by atomic mass is 10.2. The predicted molar refractivity (Wildman–Crippen MR) is 76.8 cm³/mol. The van der Waals surface area contributed by atoms with Crippen LogP contribution in [-0.2, 0) is 0 Å². The van der Waals surface area contributed by atoms with Crippen molar-refractivity contribution >= 4 is 48.3 Å². The van der Waals surface area contributed by atoms with Gasteiger partial charge in [0.05, 0.1) is 5.56 Å². The molecule has 17 heavy (non-hydrogen) atoms. The van der Waals surface area contributed by atoms with Gasteiger partial charge in [0.15, 0.2) is 0 Å². The van der Waals surface area contributed by atoms with Crippen molar-refractivity contribution in [2.45, 2.75) is 0 Å². The van der Waals surface area contributed by atoms with Crippen molar-refractivity contribution in [3.05, 3.63) is 23.9 Å². The van der Waals surface area contributed by atoms with Crippen LogP contribution in [0.15, 0.2) is 18.3 Å². The lowest BCUT2D eigenvalue weighted by Gasteiger charge is -2.27. The molecule has 0 bridgehead atoms. The van der Waals surface area contributed by atoms with Crippen LogP contribution in [0.2, 0.25) is 0 Å². The topological polar surface area (TPSA) is 59.2 Å². The van der Waals surface area contributed by atoms with Crippen LogP contribution in [0.3, 0.4) is 0 Å². The van der Waals surface area contributed by atoms with Crippen LogP contribution in [0.25, 0.3) is 0 Å². The van der Waals surface area contributed by atoms with E-state index in [-0.39, 0.29) is 24.8 Å². The summed E-state index contributed by atoms with van der Waals surface area (Å²) in [7, 11) is 0. The highest BCUT2D eigenvalue weighted by Crippen LogP contribution is 2.16. The third-order valence-corrected chi connectivity index (χ3v) is 3.31. The Balaban J connectivity index is 0.00000128. The highest BCUT2D eigenvalue weighted by Gasteiger charge is 2.12. The molecule has 2 rings (SSSR count). The van der Waals surface area contributed by atoms with Crippen molar-refractivity contribution < 1.29 is 4.79 Å². The van der Waals surface area contributed by atoms with Gasteiger partial charge >= 0.3 is 0 Å². The number of carbonyl (C=O) groups excluding carboxylic acids is 1. The standard InChI is InChI=1S/C10H13N3OS.2ClH/c11-10(14)8-1-2-9(12-7-8)13-3-5-15-6-4-13;;/h1-2,7H,3-6H2,(H2,11,14);2*1H.